The Morgan fingerprint density at radius 1 is 1.25 bits per heavy atom. The minimum Gasteiger partial charge on any atom is -0.481 e. The molecule has 1 aliphatic rings. The molecule has 1 fully saturated rings. The van der Waals surface area contributed by atoms with E-state index in [-0.39, 0.29) is 12.5 Å². The van der Waals surface area contributed by atoms with Crippen LogP contribution in [0.5, 0.6) is 0 Å². The summed E-state index contributed by atoms with van der Waals surface area (Å²) >= 11 is 0. The van der Waals surface area contributed by atoms with Crippen LogP contribution in [-0.4, -0.2) is 47.3 Å². The number of carboxylic acid groups (broad SMARTS) is 1. The summed E-state index contributed by atoms with van der Waals surface area (Å²) < 4.78 is 0. The predicted octanol–water partition coefficient (Wildman–Crippen LogP) is 1.33. The molecule has 0 unspecified atom stereocenters. The number of nitrogens with zero attached hydrogens (tertiary/aromatic N) is 1. The number of aliphatic hydroxyl groups is 1. The van der Waals surface area contributed by atoms with Crippen LogP contribution in [0.1, 0.15) is 38.5 Å². The molecule has 94 valence electrons. The van der Waals surface area contributed by atoms with Crippen molar-refractivity contribution in [1.29, 1.82) is 0 Å². The fourth-order valence-electron chi connectivity index (χ4n) is 2.23. The lowest BCUT2D eigenvalue weighted by Crippen LogP contribution is -2.26. The van der Waals surface area contributed by atoms with Crippen molar-refractivity contribution < 1.29 is 15.0 Å². The molecular formula is C12H23NO3. The highest BCUT2D eigenvalue weighted by Gasteiger charge is 2.19. The Hall–Kier alpha value is -0.610. The van der Waals surface area contributed by atoms with Gasteiger partial charge in [0.2, 0.25) is 0 Å². The third-order valence-corrected chi connectivity index (χ3v) is 3.44. The monoisotopic (exact) mass is 229 g/mol. The molecule has 4 heteroatoms. The topological polar surface area (TPSA) is 60.8 Å². The van der Waals surface area contributed by atoms with Crippen molar-refractivity contribution in [3.05, 3.63) is 0 Å². The van der Waals surface area contributed by atoms with Gasteiger partial charge >= 0.3 is 5.97 Å². The average Bonchev–Trinajstić information content (AvgIpc) is 2.25. The molecule has 0 radical (unpaired) electrons. The molecule has 0 bridgehead atoms. The van der Waals surface area contributed by atoms with E-state index in [4.69, 9.17) is 5.11 Å². The van der Waals surface area contributed by atoms with Crippen molar-refractivity contribution in [2.24, 2.45) is 5.92 Å². The van der Waals surface area contributed by atoms with Gasteiger partial charge in [0, 0.05) is 6.54 Å². The van der Waals surface area contributed by atoms with Crippen LogP contribution in [0.4, 0.5) is 0 Å². The van der Waals surface area contributed by atoms with Gasteiger partial charge in [-0.1, -0.05) is 0 Å². The Balaban J connectivity index is 2.07. The minimum atomic E-state index is -0.729. The highest BCUT2D eigenvalue weighted by Crippen LogP contribution is 2.26. The van der Waals surface area contributed by atoms with Gasteiger partial charge in [-0.25, -0.2) is 0 Å². The molecule has 0 heterocycles. The quantitative estimate of drug-likeness (QED) is 0.721. The summed E-state index contributed by atoms with van der Waals surface area (Å²) in [5, 5.41) is 17.9. The van der Waals surface area contributed by atoms with Crippen LogP contribution in [0.3, 0.4) is 0 Å². The first-order chi connectivity index (χ1) is 7.58. The maximum absolute atomic E-state index is 10.4. The van der Waals surface area contributed by atoms with Crippen molar-refractivity contribution in [3.63, 3.8) is 0 Å². The summed E-state index contributed by atoms with van der Waals surface area (Å²) in [4.78, 5) is 12.5. The third kappa shape index (κ3) is 5.47. The van der Waals surface area contributed by atoms with Gasteiger partial charge in [0.05, 0.1) is 12.5 Å². The standard InChI is InChI=1S/C12H23NO3/c1-13(9-7-12(15)16)8-6-10-2-4-11(14)5-3-10/h10-11,14H,2-9H2,1H3,(H,15,16). The Labute approximate surface area is 97.3 Å². The van der Waals surface area contributed by atoms with Gasteiger partial charge in [0.25, 0.3) is 0 Å². The van der Waals surface area contributed by atoms with Crippen molar-refractivity contribution in [2.45, 2.75) is 44.6 Å². The smallest absolute Gasteiger partial charge is 0.304 e. The number of carboxylic acids is 1. The number of carbonyl (C=O) groups is 1. The molecule has 0 saturated heterocycles. The van der Waals surface area contributed by atoms with Crippen molar-refractivity contribution in [3.8, 4) is 0 Å². The fourth-order valence-corrected chi connectivity index (χ4v) is 2.23. The highest BCUT2D eigenvalue weighted by atomic mass is 16.4. The second kappa shape index (κ2) is 6.86. The molecular weight excluding hydrogens is 206 g/mol. The molecule has 0 aromatic heterocycles. The normalized spacial score (nSPS) is 25.9. The molecule has 0 aromatic rings. The zero-order valence-electron chi connectivity index (χ0n) is 10.1. The molecule has 0 spiro atoms. The van der Waals surface area contributed by atoms with E-state index in [1.165, 1.54) is 0 Å². The van der Waals surface area contributed by atoms with E-state index >= 15 is 0 Å². The molecule has 0 amide bonds. The van der Waals surface area contributed by atoms with Gasteiger partial charge in [-0.2, -0.15) is 0 Å². The lowest BCUT2D eigenvalue weighted by molar-refractivity contribution is -0.137. The summed E-state index contributed by atoms with van der Waals surface area (Å²) in [6.07, 6.45) is 5.37. The maximum Gasteiger partial charge on any atom is 0.304 e. The molecule has 2 N–H and O–H groups in total. The lowest BCUT2D eigenvalue weighted by Gasteiger charge is -2.27. The first-order valence-corrected chi connectivity index (χ1v) is 6.16. The Bertz CT molecular complexity index is 212. The summed E-state index contributed by atoms with van der Waals surface area (Å²) in [5.74, 6) is -0.0108. The van der Waals surface area contributed by atoms with E-state index in [0.29, 0.717) is 6.54 Å². The zero-order chi connectivity index (χ0) is 12.0. The van der Waals surface area contributed by atoms with Crippen molar-refractivity contribution in [2.75, 3.05) is 20.1 Å². The molecule has 0 aliphatic heterocycles. The molecule has 1 saturated carbocycles. The van der Waals surface area contributed by atoms with Crippen LogP contribution >= 0.6 is 0 Å². The first-order valence-electron chi connectivity index (χ1n) is 6.16. The Kier molecular flexibility index (Phi) is 5.77. The fraction of sp³-hybridized carbons (Fsp3) is 0.917. The Morgan fingerprint density at radius 3 is 2.44 bits per heavy atom. The first kappa shape index (κ1) is 13.5. The second-order valence-corrected chi connectivity index (χ2v) is 4.91. The minimum absolute atomic E-state index is 0.0824. The van der Waals surface area contributed by atoms with Gasteiger partial charge in [-0.15, -0.1) is 0 Å². The van der Waals surface area contributed by atoms with Gasteiger partial charge < -0.3 is 15.1 Å². The van der Waals surface area contributed by atoms with E-state index in [0.717, 1.165) is 44.6 Å². The summed E-state index contributed by atoms with van der Waals surface area (Å²) in [6, 6.07) is 0. The van der Waals surface area contributed by atoms with E-state index in [1.807, 2.05) is 7.05 Å². The van der Waals surface area contributed by atoms with Gasteiger partial charge in [0.1, 0.15) is 0 Å². The lowest BCUT2D eigenvalue weighted by atomic mass is 9.85. The SMILES string of the molecule is CN(CCC(=O)O)CCC1CCC(O)CC1. The molecule has 1 rings (SSSR count). The summed E-state index contributed by atoms with van der Waals surface area (Å²) in [5.41, 5.74) is 0. The molecule has 16 heavy (non-hydrogen) atoms. The van der Waals surface area contributed by atoms with Crippen LogP contribution in [0.25, 0.3) is 0 Å². The number of hydrogen-bond acceptors (Lipinski definition) is 3. The number of rotatable bonds is 6. The Morgan fingerprint density at radius 2 is 1.88 bits per heavy atom. The largest absolute Gasteiger partial charge is 0.481 e. The summed E-state index contributed by atoms with van der Waals surface area (Å²) in [7, 11) is 1.97. The molecule has 1 aliphatic carbocycles. The predicted molar refractivity (Wildman–Crippen MR) is 62.3 cm³/mol. The van der Waals surface area contributed by atoms with Crippen LogP contribution in [0, 0.1) is 5.92 Å². The van der Waals surface area contributed by atoms with E-state index in [2.05, 4.69) is 4.90 Å². The van der Waals surface area contributed by atoms with Crippen molar-refractivity contribution in [1.82, 2.24) is 4.90 Å². The van der Waals surface area contributed by atoms with Crippen molar-refractivity contribution >= 4 is 5.97 Å². The van der Waals surface area contributed by atoms with Crippen LogP contribution in [0.2, 0.25) is 0 Å². The molecule has 0 aromatic carbocycles. The highest BCUT2D eigenvalue weighted by molar-refractivity contribution is 5.66. The van der Waals surface area contributed by atoms with E-state index in [9.17, 15) is 9.90 Å². The van der Waals surface area contributed by atoms with Crippen LogP contribution in [0.15, 0.2) is 0 Å². The van der Waals surface area contributed by atoms with E-state index < -0.39 is 5.97 Å². The maximum atomic E-state index is 10.4. The van der Waals surface area contributed by atoms with Gasteiger partial charge in [-0.05, 0) is 51.6 Å². The van der Waals surface area contributed by atoms with Gasteiger partial charge in [0.15, 0.2) is 0 Å². The van der Waals surface area contributed by atoms with Crippen LogP contribution < -0.4 is 0 Å². The summed E-state index contributed by atoms with van der Waals surface area (Å²) in [6.45, 7) is 1.60. The number of hydrogen-bond donors (Lipinski definition) is 2. The average molecular weight is 229 g/mol. The van der Waals surface area contributed by atoms with Crippen LogP contribution in [-0.2, 0) is 4.79 Å². The van der Waals surface area contributed by atoms with Gasteiger partial charge in [-0.3, -0.25) is 4.79 Å². The second-order valence-electron chi connectivity index (χ2n) is 4.91. The molecule has 4 nitrogen and oxygen atoms in total. The van der Waals surface area contributed by atoms with E-state index in [1.54, 1.807) is 0 Å². The number of aliphatic carboxylic acids is 1. The molecule has 0 atom stereocenters. The third-order valence-electron chi connectivity index (χ3n) is 3.44. The zero-order valence-corrected chi connectivity index (χ0v) is 10.1. The number of aliphatic hydroxyl groups excluding tert-OH is 1.